The summed E-state index contributed by atoms with van der Waals surface area (Å²) in [7, 11) is 1.35. The molecule has 0 spiro atoms. The third-order valence-corrected chi connectivity index (χ3v) is 3.98. The summed E-state index contributed by atoms with van der Waals surface area (Å²) in [6.45, 7) is 2.58. The molecule has 0 aliphatic heterocycles. The van der Waals surface area contributed by atoms with Gasteiger partial charge in [-0.2, -0.15) is 0 Å². The maximum absolute atomic E-state index is 11.7. The third kappa shape index (κ3) is 3.44. The smallest absolute Gasteiger partial charge is 0.340 e. The van der Waals surface area contributed by atoms with E-state index in [0.717, 1.165) is 5.56 Å². The van der Waals surface area contributed by atoms with Gasteiger partial charge in [0.05, 0.1) is 19.3 Å². The second-order valence-corrected chi connectivity index (χ2v) is 5.51. The zero-order valence-electron chi connectivity index (χ0n) is 12.3. The summed E-state index contributed by atoms with van der Waals surface area (Å²) in [5, 5.41) is 0. The van der Waals surface area contributed by atoms with E-state index in [2.05, 4.69) is 0 Å². The Morgan fingerprint density at radius 3 is 2.65 bits per heavy atom. The number of carbonyl (C=O) groups excluding carboxylic acids is 1. The largest absolute Gasteiger partial charge is 0.493 e. The monoisotopic (exact) mass is 277 g/mol. The Hall–Kier alpha value is -1.71. The van der Waals surface area contributed by atoms with Crippen LogP contribution in [0.4, 0.5) is 5.69 Å². The lowest BCUT2D eigenvalue weighted by molar-refractivity contribution is 0.0601. The fourth-order valence-corrected chi connectivity index (χ4v) is 2.70. The number of esters is 1. The van der Waals surface area contributed by atoms with Crippen LogP contribution < -0.4 is 10.5 Å². The van der Waals surface area contributed by atoms with Crippen molar-refractivity contribution < 1.29 is 14.3 Å². The predicted octanol–water partition coefficient (Wildman–Crippen LogP) is 3.32. The quantitative estimate of drug-likeness (QED) is 0.677. The van der Waals surface area contributed by atoms with E-state index in [9.17, 15) is 4.79 Å². The van der Waals surface area contributed by atoms with Crippen LogP contribution in [0, 0.1) is 12.8 Å². The van der Waals surface area contributed by atoms with Crippen molar-refractivity contribution in [3.8, 4) is 5.75 Å². The Kier molecular flexibility index (Phi) is 4.88. The minimum absolute atomic E-state index is 0.381. The summed E-state index contributed by atoms with van der Waals surface area (Å²) in [4.78, 5) is 11.7. The van der Waals surface area contributed by atoms with Crippen molar-refractivity contribution in [2.24, 2.45) is 5.92 Å². The van der Waals surface area contributed by atoms with E-state index in [4.69, 9.17) is 15.2 Å². The second kappa shape index (κ2) is 6.64. The Bertz CT molecular complexity index is 479. The standard InChI is InChI=1S/C16H23NO3/c1-11-8-13(9-14(15(11)17)16(18)19-2)20-10-12-6-4-3-5-7-12/h8-9,12H,3-7,10,17H2,1-2H3. The molecule has 0 bridgehead atoms. The summed E-state index contributed by atoms with van der Waals surface area (Å²) < 4.78 is 10.6. The van der Waals surface area contributed by atoms with Crippen LogP contribution in [-0.2, 0) is 4.74 Å². The molecule has 0 atom stereocenters. The van der Waals surface area contributed by atoms with Gasteiger partial charge >= 0.3 is 5.97 Å². The summed E-state index contributed by atoms with van der Waals surface area (Å²) in [6, 6.07) is 3.56. The number of hydrogen-bond acceptors (Lipinski definition) is 4. The third-order valence-electron chi connectivity index (χ3n) is 3.98. The molecule has 2 rings (SSSR count). The highest BCUT2D eigenvalue weighted by Crippen LogP contribution is 2.28. The molecule has 1 saturated carbocycles. The SMILES string of the molecule is COC(=O)c1cc(OCC2CCCCC2)cc(C)c1N. The maximum Gasteiger partial charge on any atom is 0.340 e. The number of anilines is 1. The molecule has 0 unspecified atom stereocenters. The molecule has 4 nitrogen and oxygen atoms in total. The summed E-state index contributed by atoms with van der Waals surface area (Å²) >= 11 is 0. The Morgan fingerprint density at radius 1 is 1.30 bits per heavy atom. The molecule has 0 saturated heterocycles. The van der Waals surface area contributed by atoms with Crippen molar-refractivity contribution in [3.05, 3.63) is 23.3 Å². The average molecular weight is 277 g/mol. The number of aryl methyl sites for hydroxylation is 1. The first-order chi connectivity index (χ1) is 9.61. The highest BCUT2D eigenvalue weighted by molar-refractivity contribution is 5.96. The highest BCUT2D eigenvalue weighted by atomic mass is 16.5. The van der Waals surface area contributed by atoms with Crippen LogP contribution in [0.3, 0.4) is 0 Å². The van der Waals surface area contributed by atoms with Crippen molar-refractivity contribution in [3.63, 3.8) is 0 Å². The molecule has 110 valence electrons. The fourth-order valence-electron chi connectivity index (χ4n) is 2.70. The van der Waals surface area contributed by atoms with Crippen LogP contribution >= 0.6 is 0 Å². The molecule has 1 aliphatic carbocycles. The molecular weight excluding hydrogens is 254 g/mol. The molecule has 1 fully saturated rings. The molecule has 1 aromatic rings. The minimum Gasteiger partial charge on any atom is -0.493 e. The van der Waals surface area contributed by atoms with Gasteiger partial charge in [-0.25, -0.2) is 4.79 Å². The molecule has 1 aliphatic rings. The van der Waals surface area contributed by atoms with E-state index >= 15 is 0 Å². The van der Waals surface area contributed by atoms with Gasteiger partial charge in [-0.1, -0.05) is 19.3 Å². The van der Waals surface area contributed by atoms with Gasteiger partial charge in [-0.15, -0.1) is 0 Å². The summed E-state index contributed by atoms with van der Waals surface area (Å²) in [6.07, 6.45) is 6.39. The second-order valence-electron chi connectivity index (χ2n) is 5.51. The molecule has 1 aromatic carbocycles. The van der Waals surface area contributed by atoms with Crippen LogP contribution in [-0.4, -0.2) is 19.7 Å². The van der Waals surface area contributed by atoms with Crippen LogP contribution in [0.1, 0.15) is 48.0 Å². The number of ether oxygens (including phenoxy) is 2. The first-order valence-electron chi connectivity index (χ1n) is 7.23. The number of benzene rings is 1. The van der Waals surface area contributed by atoms with Gasteiger partial charge in [0.25, 0.3) is 0 Å². The van der Waals surface area contributed by atoms with Crippen LogP contribution in [0.5, 0.6) is 5.75 Å². The van der Waals surface area contributed by atoms with Gasteiger partial charge in [0, 0.05) is 5.69 Å². The number of nitrogen functional groups attached to an aromatic ring is 1. The van der Waals surface area contributed by atoms with Gasteiger partial charge in [-0.3, -0.25) is 0 Å². The molecular formula is C16H23NO3. The molecule has 0 aromatic heterocycles. The number of nitrogens with two attached hydrogens (primary N) is 1. The van der Waals surface area contributed by atoms with Gasteiger partial charge in [0.2, 0.25) is 0 Å². The van der Waals surface area contributed by atoms with Crippen molar-refractivity contribution in [1.82, 2.24) is 0 Å². The number of methoxy groups -OCH3 is 1. The highest BCUT2D eigenvalue weighted by Gasteiger charge is 2.17. The molecule has 2 N–H and O–H groups in total. The lowest BCUT2D eigenvalue weighted by Gasteiger charge is -2.22. The zero-order valence-corrected chi connectivity index (χ0v) is 12.3. The van der Waals surface area contributed by atoms with Gasteiger partial charge in [0.1, 0.15) is 5.75 Å². The lowest BCUT2D eigenvalue weighted by atomic mass is 9.90. The molecule has 0 amide bonds. The summed E-state index contributed by atoms with van der Waals surface area (Å²) in [5.41, 5.74) is 7.59. The first kappa shape index (κ1) is 14.7. The average Bonchev–Trinajstić information content (AvgIpc) is 2.48. The topological polar surface area (TPSA) is 61.5 Å². The number of rotatable bonds is 4. The normalized spacial score (nSPS) is 15.9. The summed E-state index contributed by atoms with van der Waals surface area (Å²) in [5.74, 6) is 0.902. The van der Waals surface area contributed by atoms with Crippen LogP contribution in [0.25, 0.3) is 0 Å². The van der Waals surface area contributed by atoms with E-state index < -0.39 is 5.97 Å². The minimum atomic E-state index is -0.422. The van der Waals surface area contributed by atoms with Crippen molar-refractivity contribution in [1.29, 1.82) is 0 Å². The maximum atomic E-state index is 11.7. The number of hydrogen-bond donors (Lipinski definition) is 1. The molecule has 20 heavy (non-hydrogen) atoms. The Morgan fingerprint density at radius 2 is 2.00 bits per heavy atom. The van der Waals surface area contributed by atoms with Gasteiger partial charge in [0.15, 0.2) is 0 Å². The van der Waals surface area contributed by atoms with Gasteiger partial charge in [-0.05, 0) is 43.4 Å². The van der Waals surface area contributed by atoms with E-state index in [0.29, 0.717) is 29.5 Å². The van der Waals surface area contributed by atoms with E-state index in [1.807, 2.05) is 13.0 Å². The lowest BCUT2D eigenvalue weighted by Crippen LogP contribution is -2.16. The first-order valence-corrected chi connectivity index (χ1v) is 7.23. The van der Waals surface area contributed by atoms with Crippen LogP contribution in [0.15, 0.2) is 12.1 Å². The van der Waals surface area contributed by atoms with E-state index in [1.165, 1.54) is 39.2 Å². The van der Waals surface area contributed by atoms with E-state index in [1.54, 1.807) is 6.07 Å². The van der Waals surface area contributed by atoms with Gasteiger partial charge < -0.3 is 15.2 Å². The molecule has 4 heteroatoms. The van der Waals surface area contributed by atoms with Crippen molar-refractivity contribution in [2.45, 2.75) is 39.0 Å². The van der Waals surface area contributed by atoms with Crippen molar-refractivity contribution >= 4 is 11.7 Å². The molecule has 0 radical (unpaired) electrons. The predicted molar refractivity (Wildman–Crippen MR) is 79.0 cm³/mol. The number of carbonyl (C=O) groups is 1. The van der Waals surface area contributed by atoms with Crippen LogP contribution in [0.2, 0.25) is 0 Å². The fraction of sp³-hybridized carbons (Fsp3) is 0.562. The van der Waals surface area contributed by atoms with Crippen molar-refractivity contribution in [2.75, 3.05) is 19.5 Å². The Balaban J connectivity index is 2.07. The zero-order chi connectivity index (χ0) is 14.5. The molecule has 0 heterocycles. The Labute approximate surface area is 120 Å². The van der Waals surface area contributed by atoms with E-state index in [-0.39, 0.29) is 0 Å².